The van der Waals surface area contributed by atoms with E-state index in [1.807, 2.05) is 36.4 Å². The lowest BCUT2D eigenvalue weighted by molar-refractivity contribution is -0.122. The number of carboxylic acid groups (broad SMARTS) is 1. The number of aliphatic hydroxyl groups excluding tert-OH is 1. The maximum Gasteiger partial charge on any atom is 0.290 e. The Labute approximate surface area is 157 Å². The third-order valence-corrected chi connectivity index (χ3v) is 4.53. The molecular formula is C20H23NO6. The van der Waals surface area contributed by atoms with Crippen LogP contribution in [0.4, 0.5) is 0 Å². The summed E-state index contributed by atoms with van der Waals surface area (Å²) >= 11 is 0. The summed E-state index contributed by atoms with van der Waals surface area (Å²) in [6, 6.07) is 16.2. The number of benzene rings is 2. The molecule has 0 saturated carbocycles. The molecule has 2 aromatic carbocycles. The Morgan fingerprint density at radius 1 is 1.00 bits per heavy atom. The summed E-state index contributed by atoms with van der Waals surface area (Å²) in [7, 11) is 0. The van der Waals surface area contributed by atoms with Gasteiger partial charge in [-0.25, -0.2) is 0 Å². The van der Waals surface area contributed by atoms with Gasteiger partial charge in [-0.3, -0.25) is 9.69 Å². The lowest BCUT2D eigenvalue weighted by Crippen LogP contribution is -2.41. The fourth-order valence-electron chi connectivity index (χ4n) is 3.30. The Kier molecular flexibility index (Phi) is 6.64. The number of carbonyl (C=O) groups is 1. The zero-order chi connectivity index (χ0) is 19.1. The topological polar surface area (TPSA) is 88.5 Å². The molecule has 2 N–H and O–H groups in total. The molecule has 144 valence electrons. The van der Waals surface area contributed by atoms with Crippen LogP contribution in [0, 0.1) is 0 Å². The molecule has 0 spiro atoms. The Balaban J connectivity index is 0.000000659. The smallest absolute Gasteiger partial charge is 0.290 e. The summed E-state index contributed by atoms with van der Waals surface area (Å²) in [6.45, 7) is 2.35. The summed E-state index contributed by atoms with van der Waals surface area (Å²) in [5.41, 5.74) is 2.23. The van der Waals surface area contributed by atoms with E-state index in [0.717, 1.165) is 35.7 Å². The van der Waals surface area contributed by atoms with Crippen LogP contribution >= 0.6 is 0 Å². The lowest BCUT2D eigenvalue weighted by Gasteiger charge is -2.38. The molecule has 7 nitrogen and oxygen atoms in total. The number of hydrogen-bond donors (Lipinski definition) is 2. The number of fused-ring (bicyclic) bond motifs is 1. The third kappa shape index (κ3) is 4.77. The first-order valence-electron chi connectivity index (χ1n) is 8.76. The van der Waals surface area contributed by atoms with Gasteiger partial charge in [0.15, 0.2) is 11.5 Å². The van der Waals surface area contributed by atoms with E-state index in [-0.39, 0.29) is 32.1 Å². The van der Waals surface area contributed by atoms with Gasteiger partial charge in [0.05, 0.1) is 18.8 Å². The summed E-state index contributed by atoms with van der Waals surface area (Å²) < 4.78 is 17.2. The summed E-state index contributed by atoms with van der Waals surface area (Å²) in [5.74, 6) is 1.55. The first kappa shape index (κ1) is 19.2. The van der Waals surface area contributed by atoms with Crippen molar-refractivity contribution in [2.24, 2.45) is 0 Å². The van der Waals surface area contributed by atoms with Crippen LogP contribution in [-0.4, -0.2) is 54.6 Å². The highest BCUT2D eigenvalue weighted by atomic mass is 16.7. The van der Waals surface area contributed by atoms with Crippen molar-refractivity contribution in [3.8, 4) is 11.5 Å². The molecule has 2 heterocycles. The monoisotopic (exact) mass is 373 g/mol. The van der Waals surface area contributed by atoms with Crippen molar-refractivity contribution in [2.45, 2.75) is 12.2 Å². The second kappa shape index (κ2) is 9.36. The zero-order valence-electron chi connectivity index (χ0n) is 14.9. The van der Waals surface area contributed by atoms with Crippen molar-refractivity contribution in [3.05, 3.63) is 59.7 Å². The van der Waals surface area contributed by atoms with E-state index in [4.69, 9.17) is 24.1 Å². The van der Waals surface area contributed by atoms with Crippen molar-refractivity contribution >= 4 is 6.47 Å². The second-order valence-corrected chi connectivity index (χ2v) is 6.23. The van der Waals surface area contributed by atoms with E-state index >= 15 is 0 Å². The first-order chi connectivity index (χ1) is 13.2. The quantitative estimate of drug-likeness (QED) is 0.795. The Bertz CT molecular complexity index is 739. The molecule has 0 aromatic heterocycles. The molecule has 0 bridgehead atoms. The van der Waals surface area contributed by atoms with Crippen LogP contribution in [0.2, 0.25) is 0 Å². The SMILES string of the molecule is O=CO.OCCN1C[C@@H](c2ccccc2)O[C@@H](c2ccc3c(c2)OCO3)C1. The minimum absolute atomic E-state index is 0.0121. The number of ether oxygens (including phenoxy) is 3. The van der Waals surface area contributed by atoms with Gasteiger partial charge in [0.1, 0.15) is 0 Å². The highest BCUT2D eigenvalue weighted by molar-refractivity contribution is 5.45. The van der Waals surface area contributed by atoms with Crippen molar-refractivity contribution in [1.29, 1.82) is 0 Å². The Hall–Kier alpha value is -2.61. The molecule has 1 fully saturated rings. The molecule has 4 rings (SSSR count). The second-order valence-electron chi connectivity index (χ2n) is 6.23. The molecular weight excluding hydrogens is 350 g/mol. The van der Waals surface area contributed by atoms with Crippen molar-refractivity contribution < 1.29 is 29.2 Å². The van der Waals surface area contributed by atoms with E-state index in [1.165, 1.54) is 0 Å². The molecule has 0 amide bonds. The van der Waals surface area contributed by atoms with Gasteiger partial charge in [0.25, 0.3) is 6.47 Å². The predicted octanol–water partition coefficient (Wildman–Crippen LogP) is 2.22. The highest BCUT2D eigenvalue weighted by Crippen LogP contribution is 2.38. The molecule has 0 unspecified atom stereocenters. The predicted molar refractivity (Wildman–Crippen MR) is 97.8 cm³/mol. The molecule has 2 atom stereocenters. The average Bonchev–Trinajstić information content (AvgIpc) is 3.17. The van der Waals surface area contributed by atoms with Gasteiger partial charge in [-0.15, -0.1) is 0 Å². The molecule has 7 heteroatoms. The van der Waals surface area contributed by atoms with Gasteiger partial charge >= 0.3 is 0 Å². The standard InChI is InChI=1S/C19H21NO4.CH2O2/c21-9-8-20-11-18(14-4-2-1-3-5-14)24-19(12-20)15-6-7-16-17(10-15)23-13-22-16;2-1-3/h1-7,10,18-19,21H,8-9,11-13H2;1H,(H,2,3)/t18-,19+;/m0./s1. The Morgan fingerprint density at radius 2 is 1.67 bits per heavy atom. The minimum Gasteiger partial charge on any atom is -0.483 e. The van der Waals surface area contributed by atoms with Gasteiger partial charge in [0, 0.05) is 19.6 Å². The average molecular weight is 373 g/mol. The van der Waals surface area contributed by atoms with Crippen LogP contribution in [0.25, 0.3) is 0 Å². The number of hydrogen-bond acceptors (Lipinski definition) is 6. The number of rotatable bonds is 4. The van der Waals surface area contributed by atoms with Crippen LogP contribution in [0.3, 0.4) is 0 Å². The maximum atomic E-state index is 9.34. The van der Waals surface area contributed by atoms with Crippen molar-refractivity contribution in [1.82, 2.24) is 4.90 Å². The molecule has 0 aliphatic carbocycles. The van der Waals surface area contributed by atoms with Gasteiger partial charge in [0.2, 0.25) is 6.79 Å². The van der Waals surface area contributed by atoms with E-state index in [2.05, 4.69) is 17.0 Å². The lowest BCUT2D eigenvalue weighted by atomic mass is 10.0. The highest BCUT2D eigenvalue weighted by Gasteiger charge is 2.30. The first-order valence-corrected chi connectivity index (χ1v) is 8.76. The molecule has 2 aliphatic rings. The number of aliphatic hydroxyl groups is 1. The number of nitrogens with zero attached hydrogens (tertiary/aromatic N) is 1. The molecule has 0 radical (unpaired) electrons. The minimum atomic E-state index is -0.250. The van der Waals surface area contributed by atoms with Crippen LogP contribution in [-0.2, 0) is 9.53 Å². The number of morpholine rings is 1. The van der Waals surface area contributed by atoms with Crippen LogP contribution in [0.1, 0.15) is 23.3 Å². The van der Waals surface area contributed by atoms with E-state index in [9.17, 15) is 5.11 Å². The zero-order valence-corrected chi connectivity index (χ0v) is 14.9. The van der Waals surface area contributed by atoms with Gasteiger partial charge in [-0.1, -0.05) is 36.4 Å². The largest absolute Gasteiger partial charge is 0.483 e. The summed E-state index contributed by atoms with van der Waals surface area (Å²) in [6.07, 6.45) is -0.0769. The van der Waals surface area contributed by atoms with Gasteiger partial charge < -0.3 is 24.4 Å². The number of β-amino-alcohol motifs (C(OH)–C–C–N with tert-alkyl or cyclic N) is 1. The summed E-state index contributed by atoms with van der Waals surface area (Å²) in [4.78, 5) is 10.6. The van der Waals surface area contributed by atoms with Crippen LogP contribution < -0.4 is 9.47 Å². The fourth-order valence-corrected chi connectivity index (χ4v) is 3.30. The Morgan fingerprint density at radius 3 is 2.37 bits per heavy atom. The molecule has 1 saturated heterocycles. The van der Waals surface area contributed by atoms with Crippen molar-refractivity contribution in [3.63, 3.8) is 0 Å². The molecule has 2 aromatic rings. The summed E-state index contributed by atoms with van der Waals surface area (Å²) in [5, 5.41) is 16.2. The third-order valence-electron chi connectivity index (χ3n) is 4.53. The van der Waals surface area contributed by atoms with Gasteiger partial charge in [-0.05, 0) is 23.3 Å². The fraction of sp³-hybridized carbons (Fsp3) is 0.350. The van der Waals surface area contributed by atoms with E-state index in [1.54, 1.807) is 0 Å². The van der Waals surface area contributed by atoms with Gasteiger partial charge in [-0.2, -0.15) is 0 Å². The van der Waals surface area contributed by atoms with Crippen LogP contribution in [0.5, 0.6) is 11.5 Å². The van der Waals surface area contributed by atoms with E-state index < -0.39 is 0 Å². The molecule has 27 heavy (non-hydrogen) atoms. The van der Waals surface area contributed by atoms with E-state index in [0.29, 0.717) is 6.54 Å². The van der Waals surface area contributed by atoms with Crippen molar-refractivity contribution in [2.75, 3.05) is 33.0 Å². The molecule has 2 aliphatic heterocycles. The maximum absolute atomic E-state index is 9.34. The van der Waals surface area contributed by atoms with Crippen LogP contribution in [0.15, 0.2) is 48.5 Å². The normalized spacial score (nSPS) is 21.2.